The lowest BCUT2D eigenvalue weighted by atomic mass is 10.0. The predicted molar refractivity (Wildman–Crippen MR) is 148 cm³/mol. The second-order valence-electron chi connectivity index (χ2n) is 8.29. The number of carbonyl (C=O) groups excluding carboxylic acids is 2. The number of aliphatic carboxylic acids is 1. The third-order valence-corrected chi connectivity index (χ3v) is 9.36. The van der Waals surface area contributed by atoms with Gasteiger partial charge in [0.15, 0.2) is 23.2 Å². The number of β-lactam (4-membered cyclic amide) rings is 1. The molecule has 41 heavy (non-hydrogen) atoms. The zero-order valence-electron chi connectivity index (χ0n) is 20.4. The van der Waals surface area contributed by atoms with Gasteiger partial charge in [0.1, 0.15) is 33.5 Å². The highest BCUT2D eigenvalue weighted by Crippen LogP contribution is 2.41. The first-order chi connectivity index (χ1) is 19.6. The number of amides is 2. The molecule has 3 aromatic rings. The molecule has 0 aromatic carbocycles. The van der Waals surface area contributed by atoms with Crippen molar-refractivity contribution >= 4 is 75.0 Å². The lowest BCUT2D eigenvalue weighted by Crippen LogP contribution is -2.71. The van der Waals surface area contributed by atoms with Crippen LogP contribution in [0, 0.1) is 0 Å². The molecule has 0 aliphatic carbocycles. The topological polar surface area (TPSA) is 235 Å². The van der Waals surface area contributed by atoms with Gasteiger partial charge in [0.2, 0.25) is 5.43 Å². The number of carboxylic acids is 1. The van der Waals surface area contributed by atoms with E-state index in [2.05, 4.69) is 25.0 Å². The molecule has 0 saturated carbocycles. The van der Waals surface area contributed by atoms with Gasteiger partial charge in [-0.2, -0.15) is 4.73 Å². The first-order valence-electron chi connectivity index (χ1n) is 11.3. The zero-order chi connectivity index (χ0) is 29.3. The molecule has 20 heteroatoms. The number of pyridine rings is 1. The third kappa shape index (κ3) is 5.85. The molecule has 6 N–H and O–H groups in total. The Morgan fingerprint density at radius 3 is 2.80 bits per heavy atom. The minimum Gasteiger partial charge on any atom is -0.503 e. The van der Waals surface area contributed by atoms with E-state index >= 15 is 0 Å². The van der Waals surface area contributed by atoms with Crippen molar-refractivity contribution in [1.82, 2.24) is 29.5 Å². The van der Waals surface area contributed by atoms with Crippen molar-refractivity contribution in [2.45, 2.75) is 23.0 Å². The average molecular weight is 639 g/mol. The number of carbonyl (C=O) groups is 3. The molecule has 5 heterocycles. The maximum Gasteiger partial charge on any atom is 0.352 e. The number of aromatic nitrogens is 4. The van der Waals surface area contributed by atoms with E-state index in [-0.39, 0.29) is 27.9 Å². The Kier molecular flexibility index (Phi) is 8.15. The molecule has 0 unspecified atom stereocenters. The van der Waals surface area contributed by atoms with E-state index in [1.165, 1.54) is 40.4 Å². The maximum atomic E-state index is 13.2. The molecule has 2 atom stereocenters. The minimum absolute atomic E-state index is 0.0407. The number of fused-ring (bicyclic) bond motifs is 1. The summed E-state index contributed by atoms with van der Waals surface area (Å²) < 4.78 is 4.24. The number of rotatable bonds is 10. The Hall–Kier alpha value is -4.14. The number of nitrogens with one attached hydrogen (secondary N) is 1. The van der Waals surface area contributed by atoms with E-state index in [1.54, 1.807) is 5.38 Å². The van der Waals surface area contributed by atoms with Crippen molar-refractivity contribution in [3.63, 3.8) is 0 Å². The van der Waals surface area contributed by atoms with E-state index < -0.39 is 47.0 Å². The number of thiazole rings is 1. The van der Waals surface area contributed by atoms with Crippen molar-refractivity contribution in [2.75, 3.05) is 17.2 Å². The highest BCUT2D eigenvalue weighted by Gasteiger charge is 2.54. The summed E-state index contributed by atoms with van der Waals surface area (Å²) in [5.41, 5.74) is 4.96. The lowest BCUT2D eigenvalue weighted by Gasteiger charge is -2.49. The molecule has 0 radical (unpaired) electrons. The van der Waals surface area contributed by atoms with E-state index in [0.717, 1.165) is 28.5 Å². The highest BCUT2D eigenvalue weighted by atomic mass is 32.2. The van der Waals surface area contributed by atoms with Crippen LogP contribution in [0.5, 0.6) is 5.75 Å². The van der Waals surface area contributed by atoms with Crippen LogP contribution in [-0.4, -0.2) is 86.0 Å². The fraction of sp³-hybridized carbons (Fsp3) is 0.238. The lowest BCUT2D eigenvalue weighted by molar-refractivity contribution is -0.150. The first-order valence-corrected chi connectivity index (χ1v) is 15.0. The average Bonchev–Trinajstić information content (AvgIpc) is 3.62. The molecule has 5 rings (SSSR count). The quantitative estimate of drug-likeness (QED) is 0.0653. The zero-order valence-corrected chi connectivity index (χ0v) is 23.6. The Morgan fingerprint density at radius 2 is 2.12 bits per heavy atom. The smallest absolute Gasteiger partial charge is 0.352 e. The van der Waals surface area contributed by atoms with E-state index in [4.69, 9.17) is 10.6 Å². The van der Waals surface area contributed by atoms with Crippen LogP contribution in [0.25, 0.3) is 0 Å². The van der Waals surface area contributed by atoms with Crippen LogP contribution < -0.4 is 16.5 Å². The number of carboxylic acid groups (broad SMARTS) is 1. The van der Waals surface area contributed by atoms with Crippen molar-refractivity contribution in [3.05, 3.63) is 55.9 Å². The number of oxime groups is 1. The summed E-state index contributed by atoms with van der Waals surface area (Å²) in [6.07, 6.45) is 0.773. The molecule has 2 aliphatic rings. The molecule has 214 valence electrons. The summed E-state index contributed by atoms with van der Waals surface area (Å²) in [6.45, 7) is -0.471. The molecule has 2 aliphatic heterocycles. The fourth-order valence-electron chi connectivity index (χ4n) is 3.81. The number of nitrogen functional groups attached to an aromatic ring is 1. The molecule has 1 saturated heterocycles. The molecule has 0 spiro atoms. The number of aromatic hydroxyl groups is 1. The van der Waals surface area contributed by atoms with Crippen LogP contribution in [0.1, 0.15) is 11.4 Å². The summed E-state index contributed by atoms with van der Waals surface area (Å²) in [5, 5.41) is 42.7. The number of anilines is 1. The molecule has 0 bridgehead atoms. The van der Waals surface area contributed by atoms with Gasteiger partial charge in [-0.1, -0.05) is 21.4 Å². The summed E-state index contributed by atoms with van der Waals surface area (Å²) in [5.74, 6) is -2.78. The van der Waals surface area contributed by atoms with Gasteiger partial charge in [-0.15, -0.1) is 28.2 Å². The van der Waals surface area contributed by atoms with Crippen LogP contribution in [0.2, 0.25) is 0 Å². The van der Waals surface area contributed by atoms with Gasteiger partial charge in [0, 0.05) is 28.3 Å². The Labute approximate surface area is 245 Å². The Morgan fingerprint density at radius 1 is 1.32 bits per heavy atom. The summed E-state index contributed by atoms with van der Waals surface area (Å²) >= 11 is 4.81. The monoisotopic (exact) mass is 638 g/mol. The number of nitrogens with two attached hydrogens (primary N) is 1. The summed E-state index contributed by atoms with van der Waals surface area (Å²) in [6, 6.07) is -0.138. The number of nitrogens with zero attached hydrogens (tertiary/aromatic N) is 6. The van der Waals surface area contributed by atoms with Gasteiger partial charge in [0.25, 0.3) is 11.8 Å². The number of hydrogen-bond donors (Lipinski definition) is 5. The van der Waals surface area contributed by atoms with Crippen LogP contribution in [0.3, 0.4) is 0 Å². The standard InChI is InChI=1S/C21H18N8O8S4/c22-21-23-10(6-40-21)14(26-37-3-9-1-11(30)12(31)2-28(9)36)17(32)24-15-18(33)29-16(20(34)35)8(5-39-19(15)29)4-38-13-7-41-27-25-13/h1-2,6-7,15,19,31,36H,3-5H2,(H2,22,23)(H,24,32)(H,34,35)/t15-,19-/m1/s1. The minimum atomic E-state index is -1.26. The van der Waals surface area contributed by atoms with Gasteiger partial charge in [-0.3, -0.25) is 19.3 Å². The van der Waals surface area contributed by atoms with Crippen molar-refractivity contribution in [1.29, 1.82) is 0 Å². The predicted octanol–water partition coefficient (Wildman–Crippen LogP) is 0.133. The maximum absolute atomic E-state index is 13.2. The van der Waals surface area contributed by atoms with Crippen molar-refractivity contribution in [2.24, 2.45) is 5.16 Å². The highest BCUT2D eigenvalue weighted by molar-refractivity contribution is 8.01. The van der Waals surface area contributed by atoms with Crippen LogP contribution in [0.15, 0.2) is 49.3 Å². The molecular formula is C21H18N8O8S4. The molecule has 16 nitrogen and oxygen atoms in total. The normalized spacial score (nSPS) is 18.6. The third-order valence-electron chi connectivity index (χ3n) is 5.71. The number of thioether (sulfide) groups is 2. The van der Waals surface area contributed by atoms with E-state index in [9.17, 15) is 34.6 Å². The molecule has 2 amide bonds. The Bertz CT molecular complexity index is 1640. The van der Waals surface area contributed by atoms with Crippen molar-refractivity contribution < 1.29 is 34.6 Å². The van der Waals surface area contributed by atoms with Crippen LogP contribution >= 0.6 is 46.4 Å². The SMILES string of the molecule is Nc1nc(C(=NOCc2cc(=O)c(O)cn2O)C(=O)N[C@@H]2C(=O)N3C(C(=O)O)=C(CSc4csnn4)CS[C@H]23)cs1. The second kappa shape index (κ2) is 11.8. The van der Waals surface area contributed by atoms with Gasteiger partial charge < -0.3 is 31.3 Å². The fourth-order valence-corrected chi connectivity index (χ4v) is 7.26. The Balaban J connectivity index is 1.31. The summed E-state index contributed by atoms with van der Waals surface area (Å²) in [7, 11) is 0. The number of hydrogen-bond acceptors (Lipinski definition) is 16. The van der Waals surface area contributed by atoms with Crippen LogP contribution in [0.4, 0.5) is 5.13 Å². The van der Waals surface area contributed by atoms with Gasteiger partial charge >= 0.3 is 5.97 Å². The van der Waals surface area contributed by atoms with Crippen molar-refractivity contribution in [3.8, 4) is 5.75 Å². The molecule has 3 aromatic heterocycles. The van der Waals surface area contributed by atoms with Gasteiger partial charge in [-0.05, 0) is 17.1 Å². The summed E-state index contributed by atoms with van der Waals surface area (Å²) in [4.78, 5) is 60.4. The first kappa shape index (κ1) is 28.4. The largest absolute Gasteiger partial charge is 0.503 e. The van der Waals surface area contributed by atoms with Gasteiger partial charge in [0.05, 0.1) is 6.20 Å². The molecular weight excluding hydrogens is 621 g/mol. The molecule has 1 fully saturated rings. The van der Waals surface area contributed by atoms with E-state index in [1.807, 2.05) is 0 Å². The second-order valence-corrected chi connectivity index (χ2v) is 11.9. The van der Waals surface area contributed by atoms with Gasteiger partial charge in [-0.25, -0.2) is 9.78 Å². The van der Waals surface area contributed by atoms with E-state index in [0.29, 0.717) is 26.8 Å². The van der Waals surface area contributed by atoms with Crippen LogP contribution in [-0.2, 0) is 25.8 Å².